The van der Waals surface area contributed by atoms with Gasteiger partial charge in [0, 0.05) is 32.3 Å². The van der Waals surface area contributed by atoms with Gasteiger partial charge < -0.3 is 15.5 Å². The van der Waals surface area contributed by atoms with Crippen LogP contribution in [0.2, 0.25) is 0 Å². The summed E-state index contributed by atoms with van der Waals surface area (Å²) >= 11 is 0. The van der Waals surface area contributed by atoms with Gasteiger partial charge in [-0.15, -0.1) is 0 Å². The van der Waals surface area contributed by atoms with Gasteiger partial charge in [-0.05, 0) is 12.1 Å². The predicted molar refractivity (Wildman–Crippen MR) is 63.5 cm³/mol. The number of carboxylic acid groups (broad SMARTS) is 1. The number of aryl methyl sites for hydroxylation is 1. The Labute approximate surface area is 104 Å². The van der Waals surface area contributed by atoms with Crippen LogP contribution in [0.3, 0.4) is 0 Å². The van der Waals surface area contributed by atoms with Crippen LogP contribution in [0, 0.1) is 0 Å². The number of aliphatic hydroxyl groups is 1. The first kappa shape index (κ1) is 13.9. The molecule has 0 fully saturated rings. The third-order valence-corrected chi connectivity index (χ3v) is 2.27. The molecule has 0 radical (unpaired) electrons. The number of aromatic nitrogens is 2. The Bertz CT molecular complexity index is 453. The number of aliphatic hydroxyl groups excluding tert-OH is 1. The van der Waals surface area contributed by atoms with Crippen molar-refractivity contribution in [2.45, 2.75) is 12.5 Å². The highest BCUT2D eigenvalue weighted by molar-refractivity contribution is 5.91. The number of carboxylic acids is 1. The third kappa shape index (κ3) is 4.38. The van der Waals surface area contributed by atoms with Gasteiger partial charge in [0.05, 0.1) is 5.69 Å². The Hall–Kier alpha value is -2.15. The minimum atomic E-state index is -1.45. The van der Waals surface area contributed by atoms with Crippen LogP contribution in [0.5, 0.6) is 0 Å². The Morgan fingerprint density at radius 3 is 2.89 bits per heavy atom. The zero-order valence-electron chi connectivity index (χ0n) is 9.91. The van der Waals surface area contributed by atoms with Gasteiger partial charge in [0.1, 0.15) is 0 Å². The van der Waals surface area contributed by atoms with Crippen LogP contribution in [-0.4, -0.2) is 44.5 Å². The second-order valence-corrected chi connectivity index (χ2v) is 3.65. The quantitative estimate of drug-likeness (QED) is 0.586. The summed E-state index contributed by atoms with van der Waals surface area (Å²) in [7, 11) is 1.75. The van der Waals surface area contributed by atoms with Crippen LogP contribution >= 0.6 is 0 Å². The van der Waals surface area contributed by atoms with Crippen LogP contribution in [0.25, 0.3) is 6.08 Å². The molecule has 0 bridgehead atoms. The summed E-state index contributed by atoms with van der Waals surface area (Å²) in [6.07, 6.45) is 3.05. The molecule has 0 spiro atoms. The standard InChI is InChI=1S/C11H15N3O4/c1-14-8(4-7-13-14)2-3-10(16)12-6-5-9(15)11(17)18/h2-4,7,9,15H,5-6H2,1H3,(H,12,16)(H,17,18)/b3-2+/t9-/m0/s1. The van der Waals surface area contributed by atoms with Crippen molar-refractivity contribution in [1.82, 2.24) is 15.1 Å². The summed E-state index contributed by atoms with van der Waals surface area (Å²) in [5.74, 6) is -1.65. The molecule has 0 saturated carbocycles. The van der Waals surface area contributed by atoms with Gasteiger partial charge in [-0.1, -0.05) is 0 Å². The molecule has 0 aliphatic carbocycles. The number of hydrogen-bond acceptors (Lipinski definition) is 4. The molecule has 0 aliphatic rings. The minimum absolute atomic E-state index is 0.0272. The number of hydrogen-bond donors (Lipinski definition) is 3. The maximum atomic E-state index is 11.3. The van der Waals surface area contributed by atoms with Crippen LogP contribution < -0.4 is 5.32 Å². The summed E-state index contributed by atoms with van der Waals surface area (Å²) < 4.78 is 1.61. The normalized spacial score (nSPS) is 12.6. The number of carbonyl (C=O) groups is 2. The molecule has 1 rings (SSSR count). The Kier molecular flexibility index (Phi) is 5.06. The van der Waals surface area contributed by atoms with Crippen molar-refractivity contribution < 1.29 is 19.8 Å². The van der Waals surface area contributed by atoms with E-state index in [0.717, 1.165) is 5.69 Å². The molecule has 7 heteroatoms. The Morgan fingerprint density at radius 1 is 1.61 bits per heavy atom. The van der Waals surface area contributed by atoms with Crippen molar-refractivity contribution >= 4 is 18.0 Å². The maximum absolute atomic E-state index is 11.3. The third-order valence-electron chi connectivity index (χ3n) is 2.27. The van der Waals surface area contributed by atoms with E-state index in [1.165, 1.54) is 6.08 Å². The topological polar surface area (TPSA) is 104 Å². The van der Waals surface area contributed by atoms with E-state index < -0.39 is 12.1 Å². The first-order chi connectivity index (χ1) is 8.50. The lowest BCUT2D eigenvalue weighted by Gasteiger charge is -2.05. The lowest BCUT2D eigenvalue weighted by Crippen LogP contribution is -2.28. The summed E-state index contributed by atoms with van der Waals surface area (Å²) in [6.45, 7) is 0.0992. The summed E-state index contributed by atoms with van der Waals surface area (Å²) in [4.78, 5) is 21.7. The average Bonchev–Trinajstić information content (AvgIpc) is 2.72. The zero-order valence-corrected chi connectivity index (χ0v) is 9.91. The molecular weight excluding hydrogens is 238 g/mol. The number of aliphatic carboxylic acids is 1. The second kappa shape index (κ2) is 6.55. The lowest BCUT2D eigenvalue weighted by atomic mass is 10.2. The minimum Gasteiger partial charge on any atom is -0.479 e. The van der Waals surface area contributed by atoms with Crippen molar-refractivity contribution in [2.24, 2.45) is 7.05 Å². The largest absolute Gasteiger partial charge is 0.479 e. The van der Waals surface area contributed by atoms with Crippen LogP contribution in [0.4, 0.5) is 0 Å². The number of amides is 1. The van der Waals surface area contributed by atoms with Crippen LogP contribution in [-0.2, 0) is 16.6 Å². The van der Waals surface area contributed by atoms with E-state index in [2.05, 4.69) is 10.4 Å². The fourth-order valence-electron chi connectivity index (χ4n) is 1.22. The summed E-state index contributed by atoms with van der Waals surface area (Å²) in [6, 6.07) is 1.75. The molecule has 1 aromatic heterocycles. The lowest BCUT2D eigenvalue weighted by molar-refractivity contribution is -0.147. The van der Waals surface area contributed by atoms with Gasteiger partial charge in [0.2, 0.25) is 5.91 Å². The molecule has 3 N–H and O–H groups in total. The van der Waals surface area contributed by atoms with Crippen molar-refractivity contribution in [3.63, 3.8) is 0 Å². The molecule has 0 saturated heterocycles. The molecular formula is C11H15N3O4. The van der Waals surface area contributed by atoms with Gasteiger partial charge in [-0.2, -0.15) is 5.10 Å². The first-order valence-electron chi connectivity index (χ1n) is 5.35. The molecule has 0 aliphatic heterocycles. The first-order valence-corrected chi connectivity index (χ1v) is 5.35. The van der Waals surface area contributed by atoms with Crippen LogP contribution in [0.1, 0.15) is 12.1 Å². The highest BCUT2D eigenvalue weighted by Gasteiger charge is 2.12. The fourth-order valence-corrected chi connectivity index (χ4v) is 1.22. The van der Waals surface area contributed by atoms with E-state index in [0.29, 0.717) is 0 Å². The molecule has 7 nitrogen and oxygen atoms in total. The maximum Gasteiger partial charge on any atom is 0.332 e. The summed E-state index contributed by atoms with van der Waals surface area (Å²) in [5, 5.41) is 23.8. The fraction of sp³-hybridized carbons (Fsp3) is 0.364. The highest BCUT2D eigenvalue weighted by atomic mass is 16.4. The summed E-state index contributed by atoms with van der Waals surface area (Å²) in [5.41, 5.74) is 0.774. The van der Waals surface area contributed by atoms with Crippen molar-refractivity contribution in [3.05, 3.63) is 24.0 Å². The van der Waals surface area contributed by atoms with E-state index in [1.54, 1.807) is 30.1 Å². The number of nitrogens with zero attached hydrogens (tertiary/aromatic N) is 2. The Morgan fingerprint density at radius 2 is 2.33 bits per heavy atom. The van der Waals surface area contributed by atoms with Gasteiger partial charge in [0.15, 0.2) is 6.10 Å². The number of rotatable bonds is 6. The molecule has 0 unspecified atom stereocenters. The highest BCUT2D eigenvalue weighted by Crippen LogP contribution is 1.98. The van der Waals surface area contributed by atoms with E-state index >= 15 is 0 Å². The molecule has 18 heavy (non-hydrogen) atoms. The molecule has 1 atom stereocenters. The van der Waals surface area contributed by atoms with E-state index in [9.17, 15) is 9.59 Å². The smallest absolute Gasteiger partial charge is 0.332 e. The molecule has 1 heterocycles. The molecule has 1 aromatic rings. The van der Waals surface area contributed by atoms with Gasteiger partial charge in [-0.3, -0.25) is 9.48 Å². The van der Waals surface area contributed by atoms with E-state index in [4.69, 9.17) is 10.2 Å². The number of carbonyl (C=O) groups excluding carboxylic acids is 1. The average molecular weight is 253 g/mol. The van der Waals surface area contributed by atoms with Gasteiger partial charge >= 0.3 is 5.97 Å². The van der Waals surface area contributed by atoms with Crippen molar-refractivity contribution in [1.29, 1.82) is 0 Å². The van der Waals surface area contributed by atoms with E-state index in [1.807, 2.05) is 0 Å². The van der Waals surface area contributed by atoms with Gasteiger partial charge in [0.25, 0.3) is 0 Å². The zero-order chi connectivity index (χ0) is 13.5. The molecule has 0 aromatic carbocycles. The number of nitrogens with one attached hydrogen (secondary N) is 1. The predicted octanol–water partition coefficient (Wildman–Crippen LogP) is -0.615. The second-order valence-electron chi connectivity index (χ2n) is 3.65. The van der Waals surface area contributed by atoms with Crippen LogP contribution in [0.15, 0.2) is 18.3 Å². The molecule has 98 valence electrons. The monoisotopic (exact) mass is 253 g/mol. The van der Waals surface area contributed by atoms with Crippen molar-refractivity contribution in [2.75, 3.05) is 6.54 Å². The van der Waals surface area contributed by atoms with E-state index in [-0.39, 0.29) is 18.9 Å². The Balaban J connectivity index is 2.32. The SMILES string of the molecule is Cn1nccc1/C=C/C(=O)NCC[C@H](O)C(=O)O. The molecule has 1 amide bonds. The van der Waals surface area contributed by atoms with Gasteiger partial charge in [-0.25, -0.2) is 4.79 Å². The van der Waals surface area contributed by atoms with Crippen molar-refractivity contribution in [3.8, 4) is 0 Å².